The van der Waals surface area contributed by atoms with Crippen molar-refractivity contribution in [1.29, 1.82) is 0 Å². The number of hydrogen-bond acceptors (Lipinski definition) is 6. The standard InChI is InChI=1S/C16H25N3O3S/c1-12-14(13(2)22-18-12)15(20)17-11-16(3-9-23-10-4-16)19-5-7-21-8-6-19/h3-11H2,1-2H3,(H,17,20). The summed E-state index contributed by atoms with van der Waals surface area (Å²) < 4.78 is 10.6. The third-order valence-electron chi connectivity index (χ3n) is 4.94. The van der Waals surface area contributed by atoms with Gasteiger partial charge in [-0.25, -0.2) is 0 Å². The Morgan fingerprint density at radius 3 is 2.61 bits per heavy atom. The molecule has 0 unspecified atom stereocenters. The first-order valence-corrected chi connectivity index (χ1v) is 9.39. The maximum absolute atomic E-state index is 12.6. The second-order valence-electron chi connectivity index (χ2n) is 6.32. The fourth-order valence-corrected chi connectivity index (χ4v) is 4.79. The van der Waals surface area contributed by atoms with Crippen molar-refractivity contribution in [2.24, 2.45) is 0 Å². The van der Waals surface area contributed by atoms with E-state index < -0.39 is 0 Å². The van der Waals surface area contributed by atoms with Crippen LogP contribution in [0.2, 0.25) is 0 Å². The highest BCUT2D eigenvalue weighted by atomic mass is 32.2. The van der Waals surface area contributed by atoms with Crippen molar-refractivity contribution in [1.82, 2.24) is 15.4 Å². The van der Waals surface area contributed by atoms with Gasteiger partial charge in [-0.15, -0.1) is 0 Å². The summed E-state index contributed by atoms with van der Waals surface area (Å²) >= 11 is 2.00. The highest BCUT2D eigenvalue weighted by Gasteiger charge is 2.39. The lowest BCUT2D eigenvalue weighted by Gasteiger charge is -2.48. The zero-order chi connectivity index (χ0) is 16.3. The summed E-state index contributed by atoms with van der Waals surface area (Å²) in [6.07, 6.45) is 2.22. The maximum atomic E-state index is 12.6. The van der Waals surface area contributed by atoms with E-state index in [-0.39, 0.29) is 11.4 Å². The molecule has 2 fully saturated rings. The van der Waals surface area contributed by atoms with Gasteiger partial charge in [0.05, 0.1) is 18.9 Å². The second kappa shape index (κ2) is 7.23. The van der Waals surface area contributed by atoms with Gasteiger partial charge in [-0.1, -0.05) is 5.16 Å². The molecule has 6 nitrogen and oxygen atoms in total. The molecule has 128 valence electrons. The Labute approximate surface area is 141 Å². The molecule has 0 aromatic carbocycles. The Morgan fingerprint density at radius 2 is 2.00 bits per heavy atom. The van der Waals surface area contributed by atoms with E-state index >= 15 is 0 Å². The number of aryl methyl sites for hydroxylation is 2. The molecule has 2 aliphatic heterocycles. The topological polar surface area (TPSA) is 67.6 Å². The summed E-state index contributed by atoms with van der Waals surface area (Å²) in [7, 11) is 0. The van der Waals surface area contributed by atoms with Gasteiger partial charge in [-0.2, -0.15) is 11.8 Å². The lowest BCUT2D eigenvalue weighted by atomic mass is 9.89. The van der Waals surface area contributed by atoms with Crippen LogP contribution >= 0.6 is 11.8 Å². The van der Waals surface area contributed by atoms with Crippen LogP contribution in [0.15, 0.2) is 4.52 Å². The summed E-state index contributed by atoms with van der Waals surface area (Å²) in [5.41, 5.74) is 1.29. The average molecular weight is 339 g/mol. The van der Waals surface area contributed by atoms with Crippen LogP contribution in [0.3, 0.4) is 0 Å². The predicted octanol–water partition coefficient (Wildman–Crippen LogP) is 1.62. The zero-order valence-corrected chi connectivity index (χ0v) is 14.7. The molecule has 0 aliphatic carbocycles. The molecule has 0 spiro atoms. The normalized spacial score (nSPS) is 22.0. The molecule has 23 heavy (non-hydrogen) atoms. The van der Waals surface area contributed by atoms with Crippen LogP contribution in [0.5, 0.6) is 0 Å². The highest BCUT2D eigenvalue weighted by molar-refractivity contribution is 7.99. The first-order chi connectivity index (χ1) is 11.1. The van der Waals surface area contributed by atoms with Crippen molar-refractivity contribution in [3.63, 3.8) is 0 Å². The molecule has 1 aromatic rings. The van der Waals surface area contributed by atoms with Gasteiger partial charge in [-0.05, 0) is 38.2 Å². The Kier molecular flexibility index (Phi) is 5.28. The minimum absolute atomic E-state index is 0.0592. The molecule has 3 heterocycles. The summed E-state index contributed by atoms with van der Waals surface area (Å²) in [5.74, 6) is 2.81. The van der Waals surface area contributed by atoms with E-state index in [0.717, 1.165) is 50.7 Å². The first kappa shape index (κ1) is 16.8. The van der Waals surface area contributed by atoms with Crippen LogP contribution in [0.1, 0.15) is 34.7 Å². The van der Waals surface area contributed by atoms with E-state index in [0.29, 0.717) is 23.6 Å². The van der Waals surface area contributed by atoms with Crippen LogP contribution in [0, 0.1) is 13.8 Å². The number of amides is 1. The summed E-state index contributed by atoms with van der Waals surface area (Å²) in [6, 6.07) is 0. The zero-order valence-electron chi connectivity index (χ0n) is 13.9. The minimum Gasteiger partial charge on any atom is -0.379 e. The van der Waals surface area contributed by atoms with E-state index in [1.807, 2.05) is 11.8 Å². The molecule has 1 amide bonds. The van der Waals surface area contributed by atoms with Gasteiger partial charge >= 0.3 is 0 Å². The Morgan fingerprint density at radius 1 is 1.30 bits per heavy atom. The molecule has 0 radical (unpaired) electrons. The van der Waals surface area contributed by atoms with Gasteiger partial charge < -0.3 is 14.6 Å². The molecule has 0 bridgehead atoms. The lowest BCUT2D eigenvalue weighted by Crippen LogP contribution is -2.60. The Balaban J connectivity index is 1.70. The Bertz CT molecular complexity index is 529. The second-order valence-corrected chi connectivity index (χ2v) is 7.54. The molecular weight excluding hydrogens is 314 g/mol. The number of rotatable bonds is 4. The van der Waals surface area contributed by atoms with Crippen LogP contribution in [0.25, 0.3) is 0 Å². The van der Waals surface area contributed by atoms with E-state index in [1.54, 1.807) is 13.8 Å². The van der Waals surface area contributed by atoms with E-state index in [2.05, 4.69) is 15.4 Å². The number of carbonyl (C=O) groups excluding carboxylic acids is 1. The van der Waals surface area contributed by atoms with Gasteiger partial charge in [0, 0.05) is 25.2 Å². The summed E-state index contributed by atoms with van der Waals surface area (Å²) in [4.78, 5) is 15.1. The molecular formula is C16H25N3O3S. The monoisotopic (exact) mass is 339 g/mol. The third-order valence-corrected chi connectivity index (χ3v) is 5.93. The summed E-state index contributed by atoms with van der Waals surface area (Å²) in [5, 5.41) is 7.02. The number of nitrogens with one attached hydrogen (secondary N) is 1. The van der Waals surface area contributed by atoms with Crippen molar-refractivity contribution < 1.29 is 14.1 Å². The number of ether oxygens (including phenoxy) is 1. The van der Waals surface area contributed by atoms with Crippen LogP contribution < -0.4 is 5.32 Å². The quantitative estimate of drug-likeness (QED) is 0.899. The van der Waals surface area contributed by atoms with Crippen LogP contribution in [-0.2, 0) is 4.74 Å². The molecule has 2 aliphatic rings. The maximum Gasteiger partial charge on any atom is 0.256 e. The number of aromatic nitrogens is 1. The summed E-state index contributed by atoms with van der Waals surface area (Å²) in [6.45, 7) is 7.73. The van der Waals surface area contributed by atoms with Crippen LogP contribution in [0.4, 0.5) is 0 Å². The lowest BCUT2D eigenvalue weighted by molar-refractivity contribution is -0.0255. The van der Waals surface area contributed by atoms with Crippen molar-refractivity contribution in [2.45, 2.75) is 32.2 Å². The molecule has 2 saturated heterocycles. The molecule has 0 atom stereocenters. The first-order valence-electron chi connectivity index (χ1n) is 8.24. The fourth-order valence-electron chi connectivity index (χ4n) is 3.53. The molecule has 0 saturated carbocycles. The largest absolute Gasteiger partial charge is 0.379 e. The van der Waals surface area contributed by atoms with Crippen molar-refractivity contribution >= 4 is 17.7 Å². The van der Waals surface area contributed by atoms with Gasteiger partial charge in [0.2, 0.25) is 0 Å². The van der Waals surface area contributed by atoms with Crippen molar-refractivity contribution in [3.8, 4) is 0 Å². The van der Waals surface area contributed by atoms with E-state index in [1.165, 1.54) is 0 Å². The van der Waals surface area contributed by atoms with Crippen molar-refractivity contribution in [2.75, 3.05) is 44.4 Å². The van der Waals surface area contributed by atoms with Crippen molar-refractivity contribution in [3.05, 3.63) is 17.0 Å². The molecule has 1 N–H and O–H groups in total. The van der Waals surface area contributed by atoms with Gasteiger partial charge in [-0.3, -0.25) is 9.69 Å². The van der Waals surface area contributed by atoms with Gasteiger partial charge in [0.25, 0.3) is 5.91 Å². The smallest absolute Gasteiger partial charge is 0.256 e. The molecule has 3 rings (SSSR count). The molecule has 7 heteroatoms. The third kappa shape index (κ3) is 3.56. The highest BCUT2D eigenvalue weighted by Crippen LogP contribution is 2.33. The molecule has 1 aromatic heterocycles. The van der Waals surface area contributed by atoms with Crippen LogP contribution in [-0.4, -0.2) is 65.9 Å². The van der Waals surface area contributed by atoms with E-state index in [4.69, 9.17) is 9.26 Å². The van der Waals surface area contributed by atoms with Gasteiger partial charge in [0.15, 0.2) is 0 Å². The number of carbonyl (C=O) groups is 1. The average Bonchev–Trinajstić information content (AvgIpc) is 2.93. The predicted molar refractivity (Wildman–Crippen MR) is 90.0 cm³/mol. The number of hydrogen-bond donors (Lipinski definition) is 1. The van der Waals surface area contributed by atoms with Gasteiger partial charge in [0.1, 0.15) is 11.3 Å². The SMILES string of the molecule is Cc1noc(C)c1C(=O)NCC1(N2CCOCC2)CCSCC1. The Hall–Kier alpha value is -1.05. The minimum atomic E-state index is -0.0767. The number of nitrogens with zero attached hydrogens (tertiary/aromatic N) is 2. The number of thioether (sulfide) groups is 1. The van der Waals surface area contributed by atoms with E-state index in [9.17, 15) is 4.79 Å². The fraction of sp³-hybridized carbons (Fsp3) is 0.750. The number of morpholine rings is 1.